The molecule has 0 aromatic heterocycles. The van der Waals surface area contributed by atoms with E-state index in [1.165, 1.54) is 44.9 Å². The smallest absolute Gasteiger partial charge is 0.308 e. The number of carbonyl (C=O) groups is 1. The Hall–Kier alpha value is -1.17. The largest absolute Gasteiger partial charge is 0.466 e. The number of esters is 1. The van der Waals surface area contributed by atoms with Gasteiger partial charge in [0.2, 0.25) is 0 Å². The third-order valence-electron chi connectivity index (χ3n) is 5.87. The van der Waals surface area contributed by atoms with Crippen LogP contribution in [0, 0.1) is 0 Å². The molecular formula is C29H54O5. The molecule has 0 saturated carbocycles. The minimum atomic E-state index is -1.16. The van der Waals surface area contributed by atoms with E-state index >= 15 is 0 Å². The number of rotatable bonds is 24. The van der Waals surface area contributed by atoms with Crippen LogP contribution < -0.4 is 0 Å². The van der Waals surface area contributed by atoms with Crippen molar-refractivity contribution in [1.82, 2.24) is 0 Å². The topological polar surface area (TPSA) is 65.0 Å². The second-order valence-electron chi connectivity index (χ2n) is 9.08. The second-order valence-corrected chi connectivity index (χ2v) is 9.08. The molecule has 1 unspecified atom stereocenters. The van der Waals surface area contributed by atoms with Crippen LogP contribution in [0.1, 0.15) is 124 Å². The molecule has 0 aliphatic carbocycles. The van der Waals surface area contributed by atoms with Crippen LogP contribution >= 0.6 is 0 Å². The summed E-state index contributed by atoms with van der Waals surface area (Å²) in [4.78, 5) is 12.1. The first-order chi connectivity index (χ1) is 16.5. The van der Waals surface area contributed by atoms with Gasteiger partial charge in [-0.2, -0.15) is 0 Å². The van der Waals surface area contributed by atoms with Crippen molar-refractivity contribution in [3.8, 4) is 0 Å². The van der Waals surface area contributed by atoms with Crippen LogP contribution in [0.5, 0.6) is 0 Å². The molecule has 0 heterocycles. The van der Waals surface area contributed by atoms with Gasteiger partial charge in [0.1, 0.15) is 0 Å². The Kier molecular flexibility index (Phi) is 22.8. The summed E-state index contributed by atoms with van der Waals surface area (Å²) in [5.41, 5.74) is -1.16. The maximum absolute atomic E-state index is 12.1. The van der Waals surface area contributed by atoms with E-state index in [0.717, 1.165) is 32.1 Å². The van der Waals surface area contributed by atoms with Crippen LogP contribution in [0.25, 0.3) is 0 Å². The molecule has 200 valence electrons. The fourth-order valence-electron chi connectivity index (χ4n) is 4.03. The molecule has 0 radical (unpaired) electrons. The minimum Gasteiger partial charge on any atom is -0.466 e. The molecule has 0 saturated heterocycles. The van der Waals surface area contributed by atoms with Crippen molar-refractivity contribution in [2.45, 2.75) is 136 Å². The Bertz CT molecular complexity index is 511. The molecule has 0 bridgehead atoms. The molecule has 0 rings (SSSR count). The molecule has 1 N–H and O–H groups in total. The molecule has 0 aromatic carbocycles. The Morgan fingerprint density at radius 1 is 0.765 bits per heavy atom. The average molecular weight is 483 g/mol. The highest BCUT2D eigenvalue weighted by molar-refractivity contribution is 5.70. The van der Waals surface area contributed by atoms with Crippen molar-refractivity contribution in [3.05, 3.63) is 24.3 Å². The highest BCUT2D eigenvalue weighted by Gasteiger charge is 2.34. The van der Waals surface area contributed by atoms with E-state index in [0.29, 0.717) is 26.2 Å². The Morgan fingerprint density at radius 2 is 1.32 bits per heavy atom. The summed E-state index contributed by atoms with van der Waals surface area (Å²) in [6.07, 6.45) is 23.6. The zero-order valence-corrected chi connectivity index (χ0v) is 22.7. The van der Waals surface area contributed by atoms with Crippen molar-refractivity contribution in [2.24, 2.45) is 0 Å². The van der Waals surface area contributed by atoms with Crippen molar-refractivity contribution < 1.29 is 24.1 Å². The molecule has 5 nitrogen and oxygen atoms in total. The van der Waals surface area contributed by atoms with Crippen molar-refractivity contribution in [3.63, 3.8) is 0 Å². The lowest BCUT2D eigenvalue weighted by Gasteiger charge is -2.31. The van der Waals surface area contributed by atoms with E-state index in [2.05, 4.69) is 31.2 Å². The number of carbonyl (C=O) groups excluding carboxylic acids is 1. The van der Waals surface area contributed by atoms with Gasteiger partial charge in [0.05, 0.1) is 18.6 Å². The van der Waals surface area contributed by atoms with Crippen molar-refractivity contribution >= 4 is 5.97 Å². The molecule has 0 spiro atoms. The number of allylic oxidation sites excluding steroid dienone is 4. The van der Waals surface area contributed by atoms with E-state index in [9.17, 15) is 9.90 Å². The Morgan fingerprint density at radius 3 is 1.88 bits per heavy atom. The van der Waals surface area contributed by atoms with Gasteiger partial charge in [-0.1, -0.05) is 76.2 Å². The molecule has 0 aliphatic rings. The Labute approximate surface area is 210 Å². The lowest BCUT2D eigenvalue weighted by Crippen LogP contribution is -2.38. The summed E-state index contributed by atoms with van der Waals surface area (Å²) in [6.45, 7) is 9.15. The van der Waals surface area contributed by atoms with Crippen molar-refractivity contribution in [2.75, 3.05) is 19.8 Å². The van der Waals surface area contributed by atoms with Gasteiger partial charge < -0.3 is 19.3 Å². The molecule has 5 heteroatoms. The SMILES string of the molecule is CCCCCC=CCC=CCCCCCCCCC(O)(CC(=O)OCC)CC(OCC)OCC. The van der Waals surface area contributed by atoms with Gasteiger partial charge in [-0.05, 0) is 59.3 Å². The van der Waals surface area contributed by atoms with Gasteiger partial charge in [-0.25, -0.2) is 0 Å². The molecule has 0 aliphatic heterocycles. The zero-order valence-electron chi connectivity index (χ0n) is 22.7. The molecule has 0 aromatic rings. The number of ether oxygens (including phenoxy) is 3. The lowest BCUT2D eigenvalue weighted by molar-refractivity contribution is -0.177. The number of hydrogen-bond donors (Lipinski definition) is 1. The third-order valence-corrected chi connectivity index (χ3v) is 5.87. The predicted octanol–water partition coefficient (Wildman–Crippen LogP) is 7.66. The fraction of sp³-hybridized carbons (Fsp3) is 0.828. The normalized spacial score (nSPS) is 13.8. The highest BCUT2D eigenvalue weighted by atomic mass is 16.7. The minimum absolute atomic E-state index is 0.0161. The average Bonchev–Trinajstić information content (AvgIpc) is 2.79. The number of hydrogen-bond acceptors (Lipinski definition) is 5. The van der Waals surface area contributed by atoms with Gasteiger partial charge in [0.25, 0.3) is 0 Å². The van der Waals surface area contributed by atoms with E-state index in [-0.39, 0.29) is 18.8 Å². The number of aliphatic hydroxyl groups is 1. The maximum Gasteiger partial charge on any atom is 0.308 e. The summed E-state index contributed by atoms with van der Waals surface area (Å²) < 4.78 is 16.3. The van der Waals surface area contributed by atoms with Crippen LogP contribution in [-0.4, -0.2) is 42.8 Å². The first-order valence-corrected chi connectivity index (χ1v) is 13.9. The van der Waals surface area contributed by atoms with Crippen molar-refractivity contribution in [1.29, 1.82) is 0 Å². The standard InChI is InChI=1S/C29H54O5/c1-5-9-10-11-12-13-14-15-16-17-18-19-20-21-22-23-24-29(31,25-27(30)32-6-2)26-28(33-7-3)34-8-4/h12-13,15-16,28,31H,5-11,14,17-26H2,1-4H3. The first-order valence-electron chi connectivity index (χ1n) is 13.9. The molecule has 0 fully saturated rings. The zero-order chi connectivity index (χ0) is 25.3. The van der Waals surface area contributed by atoms with Crippen LogP contribution in [0.2, 0.25) is 0 Å². The summed E-state index contributed by atoms with van der Waals surface area (Å²) >= 11 is 0. The highest BCUT2D eigenvalue weighted by Crippen LogP contribution is 2.27. The first kappa shape index (κ1) is 32.8. The predicted molar refractivity (Wildman–Crippen MR) is 142 cm³/mol. The van der Waals surface area contributed by atoms with Crippen LogP contribution in [-0.2, 0) is 19.0 Å². The summed E-state index contributed by atoms with van der Waals surface area (Å²) in [6, 6.07) is 0. The van der Waals surface area contributed by atoms with E-state index in [1.807, 2.05) is 13.8 Å². The van der Waals surface area contributed by atoms with Gasteiger partial charge in [-0.3, -0.25) is 4.79 Å². The van der Waals surface area contributed by atoms with Gasteiger partial charge in [0.15, 0.2) is 6.29 Å². The lowest BCUT2D eigenvalue weighted by atomic mass is 9.88. The van der Waals surface area contributed by atoms with E-state index < -0.39 is 11.9 Å². The molecule has 0 amide bonds. The summed E-state index contributed by atoms with van der Waals surface area (Å²) in [7, 11) is 0. The van der Waals surface area contributed by atoms with E-state index in [1.54, 1.807) is 6.92 Å². The van der Waals surface area contributed by atoms with Crippen LogP contribution in [0.15, 0.2) is 24.3 Å². The molecule has 1 atom stereocenters. The van der Waals surface area contributed by atoms with E-state index in [4.69, 9.17) is 14.2 Å². The third kappa shape index (κ3) is 20.2. The maximum atomic E-state index is 12.1. The van der Waals surface area contributed by atoms with Gasteiger partial charge >= 0.3 is 5.97 Å². The van der Waals surface area contributed by atoms with Crippen LogP contribution in [0.3, 0.4) is 0 Å². The summed E-state index contributed by atoms with van der Waals surface area (Å²) in [5, 5.41) is 11.2. The second kappa shape index (κ2) is 23.6. The van der Waals surface area contributed by atoms with Crippen LogP contribution in [0.4, 0.5) is 0 Å². The monoisotopic (exact) mass is 482 g/mol. The van der Waals surface area contributed by atoms with Gasteiger partial charge in [0, 0.05) is 19.6 Å². The Balaban J connectivity index is 4.10. The fourth-order valence-corrected chi connectivity index (χ4v) is 4.03. The molecule has 34 heavy (non-hydrogen) atoms. The van der Waals surface area contributed by atoms with Gasteiger partial charge in [-0.15, -0.1) is 0 Å². The number of unbranched alkanes of at least 4 members (excludes halogenated alkanes) is 9. The quantitative estimate of drug-likeness (QED) is 0.0662. The molecular weight excluding hydrogens is 428 g/mol. The summed E-state index contributed by atoms with van der Waals surface area (Å²) in [5.74, 6) is -0.364.